The van der Waals surface area contributed by atoms with Crippen molar-refractivity contribution in [3.63, 3.8) is 0 Å². The number of hydrogen-bond donors (Lipinski definition) is 1. The largest absolute Gasteiger partial charge is 0.444 e. The van der Waals surface area contributed by atoms with Crippen molar-refractivity contribution in [2.45, 2.75) is 102 Å². The van der Waals surface area contributed by atoms with Crippen LogP contribution < -0.4 is 0 Å². The summed E-state index contributed by atoms with van der Waals surface area (Å²) in [4.78, 5) is 14.7. The second-order valence-corrected chi connectivity index (χ2v) is 10.4. The molecule has 0 radical (unpaired) electrons. The molecule has 4 nitrogen and oxygen atoms in total. The van der Waals surface area contributed by atoms with Gasteiger partial charge in [0.25, 0.3) is 0 Å². The summed E-state index contributed by atoms with van der Waals surface area (Å²) < 4.78 is 5.65. The minimum absolute atomic E-state index is 0.0413. The van der Waals surface area contributed by atoms with Gasteiger partial charge in [-0.05, 0) is 56.6 Å². The SMILES string of the molecule is CC(C)(C)OC(=O)N1C2CCCC1CC(O)(c1ccc(C(C)(C)C)cc1)C2. The maximum absolute atomic E-state index is 12.8. The Kier molecular flexibility index (Phi) is 5.09. The molecule has 2 aliphatic rings. The second kappa shape index (κ2) is 6.80. The van der Waals surface area contributed by atoms with E-state index in [0.29, 0.717) is 12.8 Å². The van der Waals surface area contributed by atoms with E-state index in [-0.39, 0.29) is 23.6 Å². The summed E-state index contributed by atoms with van der Waals surface area (Å²) in [6, 6.07) is 8.48. The van der Waals surface area contributed by atoms with Crippen molar-refractivity contribution in [3.8, 4) is 0 Å². The van der Waals surface area contributed by atoms with E-state index in [1.807, 2.05) is 25.7 Å². The predicted molar refractivity (Wildman–Crippen MR) is 108 cm³/mol. The number of piperidine rings is 2. The van der Waals surface area contributed by atoms with Gasteiger partial charge < -0.3 is 14.7 Å². The third-order valence-electron chi connectivity index (χ3n) is 5.90. The number of benzene rings is 1. The van der Waals surface area contributed by atoms with E-state index >= 15 is 0 Å². The zero-order valence-corrected chi connectivity index (χ0v) is 17.7. The van der Waals surface area contributed by atoms with Gasteiger partial charge in [-0.2, -0.15) is 0 Å². The Bertz CT molecular complexity index is 667. The van der Waals surface area contributed by atoms with Crippen LogP contribution in [-0.2, 0) is 15.8 Å². The van der Waals surface area contributed by atoms with Crippen LogP contribution in [-0.4, -0.2) is 33.8 Å². The highest BCUT2D eigenvalue weighted by Crippen LogP contribution is 2.45. The van der Waals surface area contributed by atoms with E-state index in [9.17, 15) is 9.90 Å². The Morgan fingerprint density at radius 1 is 1.04 bits per heavy atom. The van der Waals surface area contributed by atoms with Gasteiger partial charge in [-0.25, -0.2) is 4.79 Å². The highest BCUT2D eigenvalue weighted by atomic mass is 16.6. The third kappa shape index (κ3) is 4.31. The van der Waals surface area contributed by atoms with Gasteiger partial charge in [-0.1, -0.05) is 45.0 Å². The fourth-order valence-electron chi connectivity index (χ4n) is 4.56. The normalized spacial score (nSPS) is 28.8. The van der Waals surface area contributed by atoms with Gasteiger partial charge in [-0.15, -0.1) is 0 Å². The average molecular weight is 374 g/mol. The van der Waals surface area contributed by atoms with Crippen LogP contribution in [0.2, 0.25) is 0 Å². The van der Waals surface area contributed by atoms with Crippen molar-refractivity contribution in [3.05, 3.63) is 35.4 Å². The summed E-state index contributed by atoms with van der Waals surface area (Å²) in [7, 11) is 0. The summed E-state index contributed by atoms with van der Waals surface area (Å²) in [6.07, 6.45) is 3.89. The third-order valence-corrected chi connectivity index (χ3v) is 5.90. The first-order chi connectivity index (χ1) is 12.4. The van der Waals surface area contributed by atoms with Crippen molar-refractivity contribution in [2.75, 3.05) is 0 Å². The van der Waals surface area contributed by atoms with Crippen LogP contribution in [0.5, 0.6) is 0 Å². The zero-order valence-electron chi connectivity index (χ0n) is 17.7. The van der Waals surface area contributed by atoms with Crippen LogP contribution in [0.25, 0.3) is 0 Å². The fraction of sp³-hybridized carbons (Fsp3) is 0.696. The zero-order chi connectivity index (χ0) is 20.0. The van der Waals surface area contributed by atoms with Crippen LogP contribution in [0, 0.1) is 0 Å². The van der Waals surface area contributed by atoms with Crippen LogP contribution in [0.15, 0.2) is 24.3 Å². The Balaban J connectivity index is 1.82. The van der Waals surface area contributed by atoms with Crippen LogP contribution in [0.3, 0.4) is 0 Å². The van der Waals surface area contributed by atoms with Gasteiger partial charge in [0.2, 0.25) is 0 Å². The lowest BCUT2D eigenvalue weighted by Crippen LogP contribution is -2.59. The lowest BCUT2D eigenvalue weighted by Gasteiger charge is -2.52. The van der Waals surface area contributed by atoms with Crippen molar-refractivity contribution >= 4 is 6.09 Å². The molecule has 1 aromatic carbocycles. The number of carbonyl (C=O) groups is 1. The minimum Gasteiger partial charge on any atom is -0.444 e. The number of aliphatic hydroxyl groups is 1. The smallest absolute Gasteiger partial charge is 0.410 e. The van der Waals surface area contributed by atoms with E-state index in [4.69, 9.17) is 4.74 Å². The number of carbonyl (C=O) groups excluding carboxylic acids is 1. The Morgan fingerprint density at radius 2 is 1.56 bits per heavy atom. The van der Waals surface area contributed by atoms with Crippen molar-refractivity contribution in [1.29, 1.82) is 0 Å². The molecule has 150 valence electrons. The van der Waals surface area contributed by atoms with Crippen LogP contribution in [0.1, 0.15) is 84.8 Å². The van der Waals surface area contributed by atoms with E-state index in [1.54, 1.807) is 0 Å². The van der Waals surface area contributed by atoms with Gasteiger partial charge in [-0.3, -0.25) is 0 Å². The first kappa shape index (κ1) is 20.2. The lowest BCUT2D eigenvalue weighted by atomic mass is 9.72. The van der Waals surface area contributed by atoms with Gasteiger partial charge in [0.05, 0.1) is 5.60 Å². The Labute approximate surface area is 163 Å². The standard InChI is InChI=1S/C23H35NO3/c1-21(2,3)16-10-12-17(13-11-16)23(26)14-18-8-7-9-19(15-23)24(18)20(25)27-22(4,5)6/h10-13,18-19,26H,7-9,14-15H2,1-6H3. The van der Waals surface area contributed by atoms with Crippen molar-refractivity contribution < 1.29 is 14.6 Å². The van der Waals surface area contributed by atoms with Crippen molar-refractivity contribution in [1.82, 2.24) is 4.90 Å². The molecule has 2 fully saturated rings. The summed E-state index contributed by atoms with van der Waals surface area (Å²) in [5, 5.41) is 11.5. The van der Waals surface area contributed by atoms with Gasteiger partial charge in [0.1, 0.15) is 5.60 Å². The Hall–Kier alpha value is -1.55. The lowest BCUT2D eigenvalue weighted by molar-refractivity contribution is -0.0965. The molecule has 2 saturated heterocycles. The molecule has 4 heteroatoms. The van der Waals surface area contributed by atoms with Gasteiger partial charge in [0.15, 0.2) is 0 Å². The molecule has 1 N–H and O–H groups in total. The molecule has 2 bridgehead atoms. The fourth-order valence-corrected chi connectivity index (χ4v) is 4.56. The molecule has 0 saturated carbocycles. The summed E-state index contributed by atoms with van der Waals surface area (Å²) >= 11 is 0. The molecule has 1 amide bonds. The second-order valence-electron chi connectivity index (χ2n) is 10.4. The average Bonchev–Trinajstić information content (AvgIpc) is 2.51. The highest BCUT2D eigenvalue weighted by Gasteiger charge is 2.49. The number of fused-ring (bicyclic) bond motifs is 2. The number of ether oxygens (including phenoxy) is 1. The van der Waals surface area contributed by atoms with E-state index < -0.39 is 11.2 Å². The van der Waals surface area contributed by atoms with Crippen LogP contribution >= 0.6 is 0 Å². The molecule has 3 rings (SSSR count). The molecule has 1 aromatic rings. The molecule has 2 unspecified atom stereocenters. The summed E-state index contributed by atoms with van der Waals surface area (Å²) in [5.74, 6) is 0. The molecule has 27 heavy (non-hydrogen) atoms. The molecule has 0 aromatic heterocycles. The summed E-state index contributed by atoms with van der Waals surface area (Å²) in [5.41, 5.74) is 0.960. The van der Waals surface area contributed by atoms with Crippen molar-refractivity contribution in [2.24, 2.45) is 0 Å². The number of hydrogen-bond acceptors (Lipinski definition) is 3. The van der Waals surface area contributed by atoms with Gasteiger partial charge >= 0.3 is 6.09 Å². The first-order valence-electron chi connectivity index (χ1n) is 10.2. The molecule has 2 heterocycles. The van der Waals surface area contributed by atoms with E-state index in [1.165, 1.54) is 5.56 Å². The Morgan fingerprint density at radius 3 is 2.00 bits per heavy atom. The molecule has 0 spiro atoms. The number of nitrogens with zero attached hydrogens (tertiary/aromatic N) is 1. The molecular weight excluding hydrogens is 338 g/mol. The quantitative estimate of drug-likeness (QED) is 0.743. The van der Waals surface area contributed by atoms with E-state index in [2.05, 4.69) is 45.0 Å². The maximum Gasteiger partial charge on any atom is 0.410 e. The molecule has 0 aliphatic carbocycles. The highest BCUT2D eigenvalue weighted by molar-refractivity contribution is 5.69. The predicted octanol–water partition coefficient (Wildman–Crippen LogP) is 5.12. The molecular formula is C23H35NO3. The number of amides is 1. The first-order valence-corrected chi connectivity index (χ1v) is 10.2. The molecule has 2 aliphatic heterocycles. The number of rotatable bonds is 1. The topological polar surface area (TPSA) is 49.8 Å². The van der Waals surface area contributed by atoms with Crippen LogP contribution in [0.4, 0.5) is 4.79 Å². The van der Waals surface area contributed by atoms with Gasteiger partial charge in [0, 0.05) is 24.9 Å². The van der Waals surface area contributed by atoms with E-state index in [0.717, 1.165) is 24.8 Å². The molecule has 2 atom stereocenters. The minimum atomic E-state index is -0.870. The maximum atomic E-state index is 12.8. The monoisotopic (exact) mass is 373 g/mol. The summed E-state index contributed by atoms with van der Waals surface area (Å²) in [6.45, 7) is 12.3.